The number of nitrogens with one attached hydrogen (secondary N) is 2. The zero-order chi connectivity index (χ0) is 35.5. The summed E-state index contributed by atoms with van der Waals surface area (Å²) in [5, 5.41) is 16.6. The van der Waals surface area contributed by atoms with Crippen molar-refractivity contribution in [1.82, 2.24) is 29.9 Å². The van der Waals surface area contributed by atoms with Gasteiger partial charge in [0.05, 0.1) is 28.4 Å². The summed E-state index contributed by atoms with van der Waals surface area (Å²) in [6, 6.07) is 18.2. The molecule has 13 heteroatoms. The number of ether oxygens (including phenoxy) is 1. The fraction of sp³-hybridized carbons (Fsp3) is 0.270. The van der Waals surface area contributed by atoms with Crippen molar-refractivity contribution in [1.29, 1.82) is 0 Å². The first-order valence-corrected chi connectivity index (χ1v) is 16.9. The van der Waals surface area contributed by atoms with E-state index < -0.39 is 12.0 Å². The number of nitrogens with zero attached hydrogens (tertiary/aromatic N) is 4. The molecule has 0 unspecified atom stereocenters. The first-order valence-electron chi connectivity index (χ1n) is 16.1. The summed E-state index contributed by atoms with van der Waals surface area (Å²) in [5.41, 5.74) is 5.70. The van der Waals surface area contributed by atoms with Gasteiger partial charge in [-0.1, -0.05) is 65.7 Å². The summed E-state index contributed by atoms with van der Waals surface area (Å²) in [4.78, 5) is 47.0. The third kappa shape index (κ3) is 7.22. The molecule has 11 nitrogen and oxygen atoms in total. The first-order chi connectivity index (χ1) is 24.0. The Bertz CT molecular complexity index is 2160. The van der Waals surface area contributed by atoms with Gasteiger partial charge in [0.15, 0.2) is 0 Å². The van der Waals surface area contributed by atoms with Crippen LogP contribution in [0.1, 0.15) is 30.9 Å². The number of carbonyl (C=O) groups is 2. The van der Waals surface area contributed by atoms with Crippen LogP contribution in [0.5, 0.6) is 5.88 Å². The number of fused-ring (bicyclic) bond motifs is 1. The van der Waals surface area contributed by atoms with Gasteiger partial charge in [0.25, 0.3) is 5.56 Å². The number of methoxy groups -OCH3 is 1. The van der Waals surface area contributed by atoms with E-state index in [2.05, 4.69) is 15.6 Å². The van der Waals surface area contributed by atoms with Gasteiger partial charge < -0.3 is 20.5 Å². The summed E-state index contributed by atoms with van der Waals surface area (Å²) in [6.45, 7) is 2.90. The van der Waals surface area contributed by atoms with E-state index in [0.29, 0.717) is 57.9 Å². The van der Waals surface area contributed by atoms with Crippen LogP contribution in [0.15, 0.2) is 77.9 Å². The van der Waals surface area contributed by atoms with Crippen molar-refractivity contribution in [3.05, 3.63) is 105 Å². The number of likely N-dealkylation sites (N-methyl/N-ethyl adjacent to an activating group) is 1. The number of rotatable bonds is 12. The molecule has 1 saturated heterocycles. The maximum atomic E-state index is 13.2. The average Bonchev–Trinajstić information content (AvgIpc) is 3.53. The van der Waals surface area contributed by atoms with E-state index in [9.17, 15) is 19.5 Å². The number of amides is 1. The van der Waals surface area contributed by atoms with Crippen LogP contribution in [-0.4, -0.2) is 69.0 Å². The van der Waals surface area contributed by atoms with Crippen molar-refractivity contribution in [2.75, 3.05) is 20.7 Å². The number of carbonyl (C=O) groups excluding carboxylic acids is 1. The number of aromatic nitrogens is 3. The zero-order valence-corrected chi connectivity index (χ0v) is 29.3. The second kappa shape index (κ2) is 15.0. The molecule has 1 amide bonds. The number of hydrogen-bond donors (Lipinski definition) is 3. The van der Waals surface area contributed by atoms with Gasteiger partial charge in [-0.25, -0.2) is 9.97 Å². The molecule has 0 aliphatic carbocycles. The van der Waals surface area contributed by atoms with E-state index in [-0.39, 0.29) is 24.1 Å². The lowest BCUT2D eigenvalue weighted by Gasteiger charge is -2.20. The smallest absolute Gasteiger partial charge is 0.320 e. The van der Waals surface area contributed by atoms with Gasteiger partial charge in [0, 0.05) is 72.3 Å². The summed E-state index contributed by atoms with van der Waals surface area (Å²) >= 11 is 14.1. The molecule has 5 aromatic rings. The Kier molecular flexibility index (Phi) is 10.5. The molecule has 1 fully saturated rings. The van der Waals surface area contributed by atoms with E-state index in [4.69, 9.17) is 32.9 Å². The molecule has 6 rings (SSSR count). The first kappa shape index (κ1) is 35.0. The van der Waals surface area contributed by atoms with Crippen LogP contribution in [-0.2, 0) is 22.7 Å². The maximum absolute atomic E-state index is 13.2. The zero-order valence-electron chi connectivity index (χ0n) is 27.7. The molecule has 1 aliphatic heterocycles. The number of hydrogen-bond acceptors (Lipinski definition) is 8. The van der Waals surface area contributed by atoms with Gasteiger partial charge in [-0.2, -0.15) is 0 Å². The Labute approximate surface area is 298 Å². The van der Waals surface area contributed by atoms with Crippen molar-refractivity contribution in [3.8, 4) is 39.4 Å². The monoisotopic (exact) mass is 714 g/mol. The SMILES string of the molecule is COc1nc(-c2cccc(-c3cccc(-c4ccn5c(=O)c(CN(C)[C@@H](C)C(=O)O)cnc5c4)c3Cl)c2Cl)ccc1CNC[C@@H]1CCC(=O)N1. The third-order valence-electron chi connectivity index (χ3n) is 9.02. The lowest BCUT2D eigenvalue weighted by molar-refractivity contribution is -0.142. The van der Waals surface area contributed by atoms with E-state index >= 15 is 0 Å². The molecular weight excluding hydrogens is 679 g/mol. The molecule has 3 aromatic heterocycles. The Morgan fingerprint density at radius 1 is 1.06 bits per heavy atom. The summed E-state index contributed by atoms with van der Waals surface area (Å²) in [6.07, 6.45) is 4.51. The number of pyridine rings is 2. The predicted octanol–water partition coefficient (Wildman–Crippen LogP) is 5.68. The minimum Gasteiger partial charge on any atom is -0.481 e. The Hall–Kier alpha value is -4.81. The molecule has 50 heavy (non-hydrogen) atoms. The van der Waals surface area contributed by atoms with Crippen molar-refractivity contribution in [2.45, 2.75) is 44.9 Å². The topological polar surface area (TPSA) is 138 Å². The fourth-order valence-electron chi connectivity index (χ4n) is 6.03. The average molecular weight is 716 g/mol. The molecule has 2 aromatic carbocycles. The maximum Gasteiger partial charge on any atom is 0.320 e. The molecule has 2 atom stereocenters. The highest BCUT2D eigenvalue weighted by atomic mass is 35.5. The van der Waals surface area contributed by atoms with Crippen molar-refractivity contribution >= 4 is 40.7 Å². The normalized spacial score (nSPS) is 15.0. The number of carboxylic acids is 1. The highest BCUT2D eigenvalue weighted by Crippen LogP contribution is 2.42. The standard InChI is InChI=1S/C37H36Cl2N6O5/c1-21(37(48)49)44(2)20-24-18-41-31-16-22(14-15-45(31)36(24)47)26-6-4-7-27(33(26)38)28-8-5-9-29(34(28)39)30-12-10-23(35(43-30)50-3)17-40-19-25-11-13-32(46)42-25/h4-10,12,14-16,18,21,25,40H,11,13,17,19-20H2,1-3H3,(H,42,46)(H,48,49)/t21-,25-/m0/s1. The van der Waals surface area contributed by atoms with Crippen LogP contribution >= 0.6 is 23.2 Å². The summed E-state index contributed by atoms with van der Waals surface area (Å²) in [7, 11) is 3.23. The molecule has 4 heterocycles. The van der Waals surface area contributed by atoms with Gasteiger partial charge >= 0.3 is 5.97 Å². The second-order valence-electron chi connectivity index (χ2n) is 12.3. The quantitative estimate of drug-likeness (QED) is 0.149. The van der Waals surface area contributed by atoms with Gasteiger partial charge in [-0.3, -0.25) is 23.7 Å². The van der Waals surface area contributed by atoms with Gasteiger partial charge in [0.1, 0.15) is 11.7 Å². The number of halogens is 2. The number of aliphatic carboxylic acids is 1. The van der Waals surface area contributed by atoms with Crippen molar-refractivity contribution in [2.24, 2.45) is 0 Å². The van der Waals surface area contributed by atoms with E-state index in [1.165, 1.54) is 10.6 Å². The van der Waals surface area contributed by atoms with E-state index in [1.807, 2.05) is 48.5 Å². The molecule has 0 saturated carbocycles. The predicted molar refractivity (Wildman–Crippen MR) is 194 cm³/mol. The molecule has 258 valence electrons. The fourth-order valence-corrected chi connectivity index (χ4v) is 6.69. The van der Waals surface area contributed by atoms with Crippen LogP contribution in [0, 0.1) is 0 Å². The Balaban J connectivity index is 1.26. The van der Waals surface area contributed by atoms with Crippen LogP contribution in [0.4, 0.5) is 0 Å². The van der Waals surface area contributed by atoms with E-state index in [1.54, 1.807) is 44.3 Å². The molecule has 0 spiro atoms. The van der Waals surface area contributed by atoms with Crippen LogP contribution in [0.25, 0.3) is 39.2 Å². The van der Waals surface area contributed by atoms with Crippen LogP contribution < -0.4 is 20.9 Å². The minimum absolute atomic E-state index is 0.0853. The number of carboxylic acid groups (broad SMARTS) is 1. The summed E-state index contributed by atoms with van der Waals surface area (Å²) < 4.78 is 7.07. The Morgan fingerprint density at radius 3 is 2.44 bits per heavy atom. The highest BCUT2D eigenvalue weighted by Gasteiger charge is 2.22. The minimum atomic E-state index is -0.971. The lowest BCUT2D eigenvalue weighted by atomic mass is 9.97. The van der Waals surface area contributed by atoms with Gasteiger partial charge in [-0.15, -0.1) is 0 Å². The summed E-state index contributed by atoms with van der Waals surface area (Å²) in [5.74, 6) is -0.409. The highest BCUT2D eigenvalue weighted by molar-refractivity contribution is 6.39. The Morgan fingerprint density at radius 2 is 1.76 bits per heavy atom. The van der Waals surface area contributed by atoms with E-state index in [0.717, 1.165) is 34.2 Å². The molecule has 0 bridgehead atoms. The van der Waals surface area contributed by atoms with Crippen molar-refractivity contribution in [3.63, 3.8) is 0 Å². The third-order valence-corrected chi connectivity index (χ3v) is 9.83. The molecule has 3 N–H and O–H groups in total. The van der Waals surface area contributed by atoms with Gasteiger partial charge in [0.2, 0.25) is 11.8 Å². The molecule has 1 aliphatic rings. The van der Waals surface area contributed by atoms with Crippen LogP contribution in [0.3, 0.4) is 0 Å². The van der Waals surface area contributed by atoms with Gasteiger partial charge in [-0.05, 0) is 44.2 Å². The molecular formula is C37H36Cl2N6O5. The molecule has 0 radical (unpaired) electrons. The largest absolute Gasteiger partial charge is 0.481 e. The number of benzene rings is 2. The van der Waals surface area contributed by atoms with Crippen molar-refractivity contribution < 1.29 is 19.4 Å². The second-order valence-corrected chi connectivity index (χ2v) is 13.1. The lowest BCUT2D eigenvalue weighted by Crippen LogP contribution is -2.37. The van der Waals surface area contributed by atoms with Crippen LogP contribution in [0.2, 0.25) is 10.0 Å².